The molecule has 4 rings (SSSR count). The van der Waals surface area contributed by atoms with Crippen LogP contribution in [0, 0.1) is 0 Å². The summed E-state index contributed by atoms with van der Waals surface area (Å²) in [7, 11) is 1.60. The third-order valence-electron chi connectivity index (χ3n) is 4.22. The van der Waals surface area contributed by atoms with E-state index in [0.29, 0.717) is 23.4 Å². The van der Waals surface area contributed by atoms with Gasteiger partial charge in [-0.3, -0.25) is 4.79 Å². The van der Waals surface area contributed by atoms with Gasteiger partial charge in [-0.15, -0.1) is 21.5 Å². The summed E-state index contributed by atoms with van der Waals surface area (Å²) in [5.41, 5.74) is 2.00. The number of benzene rings is 1. The number of hydrogen-bond donors (Lipinski definition) is 0. The molecule has 0 atom stereocenters. The van der Waals surface area contributed by atoms with Crippen LogP contribution in [-0.4, -0.2) is 40.4 Å². The summed E-state index contributed by atoms with van der Waals surface area (Å²) in [4.78, 5) is 15.8. The molecule has 0 spiro atoms. The molecular formula is C18H17N3O3S2. The number of fused-ring (bicyclic) bond motifs is 1. The van der Waals surface area contributed by atoms with Gasteiger partial charge in [-0.1, -0.05) is 23.9 Å². The van der Waals surface area contributed by atoms with Crippen molar-refractivity contribution in [2.24, 2.45) is 0 Å². The molecule has 0 N–H and O–H groups in total. The summed E-state index contributed by atoms with van der Waals surface area (Å²) in [6, 6.07) is 9.56. The molecule has 0 radical (unpaired) electrons. The van der Waals surface area contributed by atoms with Gasteiger partial charge in [0.05, 0.1) is 18.4 Å². The van der Waals surface area contributed by atoms with Gasteiger partial charge >= 0.3 is 0 Å². The van der Waals surface area contributed by atoms with Crippen molar-refractivity contribution in [2.45, 2.75) is 18.2 Å². The molecule has 1 aromatic carbocycles. The van der Waals surface area contributed by atoms with Crippen molar-refractivity contribution >= 4 is 29.0 Å². The van der Waals surface area contributed by atoms with Gasteiger partial charge in [0.2, 0.25) is 5.91 Å². The molecule has 0 unspecified atom stereocenters. The summed E-state index contributed by atoms with van der Waals surface area (Å²) in [6.07, 6.45) is 0.932. The van der Waals surface area contributed by atoms with Crippen LogP contribution in [0.5, 0.6) is 5.75 Å². The van der Waals surface area contributed by atoms with E-state index in [9.17, 15) is 4.79 Å². The Morgan fingerprint density at radius 3 is 3.12 bits per heavy atom. The molecule has 134 valence electrons. The molecule has 2 aromatic heterocycles. The first-order chi connectivity index (χ1) is 12.7. The van der Waals surface area contributed by atoms with E-state index in [2.05, 4.69) is 21.6 Å². The average Bonchev–Trinajstić information content (AvgIpc) is 3.34. The van der Waals surface area contributed by atoms with Gasteiger partial charge in [-0.05, 0) is 35.6 Å². The monoisotopic (exact) mass is 387 g/mol. The zero-order chi connectivity index (χ0) is 17.9. The number of amides is 1. The van der Waals surface area contributed by atoms with Gasteiger partial charge in [0.15, 0.2) is 0 Å². The van der Waals surface area contributed by atoms with Crippen molar-refractivity contribution in [3.63, 3.8) is 0 Å². The van der Waals surface area contributed by atoms with Crippen molar-refractivity contribution < 1.29 is 13.9 Å². The SMILES string of the molecule is COc1ccccc1-c1nnc(SCC(=O)N2CCc3sccc3C2)o1. The van der Waals surface area contributed by atoms with Crippen molar-refractivity contribution in [3.05, 3.63) is 46.2 Å². The fraction of sp³-hybridized carbons (Fsp3) is 0.278. The molecule has 1 aliphatic rings. The predicted molar refractivity (Wildman–Crippen MR) is 100 cm³/mol. The highest BCUT2D eigenvalue weighted by Gasteiger charge is 2.22. The number of aromatic nitrogens is 2. The number of thioether (sulfide) groups is 1. The van der Waals surface area contributed by atoms with E-state index in [1.165, 1.54) is 22.2 Å². The smallest absolute Gasteiger partial charge is 0.277 e. The van der Waals surface area contributed by atoms with Crippen LogP contribution in [-0.2, 0) is 17.8 Å². The first-order valence-corrected chi connectivity index (χ1v) is 10.0. The number of nitrogens with zero attached hydrogens (tertiary/aromatic N) is 3. The molecule has 8 heteroatoms. The van der Waals surface area contributed by atoms with Crippen molar-refractivity contribution in [1.82, 2.24) is 15.1 Å². The molecule has 0 saturated heterocycles. The van der Waals surface area contributed by atoms with E-state index >= 15 is 0 Å². The minimum absolute atomic E-state index is 0.0869. The lowest BCUT2D eigenvalue weighted by Crippen LogP contribution is -2.36. The van der Waals surface area contributed by atoms with E-state index in [1.54, 1.807) is 18.4 Å². The normalized spacial score (nSPS) is 13.5. The lowest BCUT2D eigenvalue weighted by Gasteiger charge is -2.26. The maximum absolute atomic E-state index is 12.5. The summed E-state index contributed by atoms with van der Waals surface area (Å²) < 4.78 is 11.0. The first kappa shape index (κ1) is 17.1. The second-order valence-corrected chi connectivity index (χ2v) is 7.72. The number of para-hydroxylation sites is 1. The Hall–Kier alpha value is -2.32. The molecule has 0 saturated carbocycles. The summed E-state index contributed by atoms with van der Waals surface area (Å²) in [5.74, 6) is 1.43. The van der Waals surface area contributed by atoms with Gasteiger partial charge in [0, 0.05) is 18.0 Å². The molecule has 6 nitrogen and oxygen atoms in total. The maximum atomic E-state index is 12.5. The van der Waals surface area contributed by atoms with Crippen LogP contribution in [0.3, 0.4) is 0 Å². The third kappa shape index (κ3) is 3.47. The molecule has 1 aliphatic heterocycles. The maximum Gasteiger partial charge on any atom is 0.277 e. The molecule has 0 bridgehead atoms. The Kier molecular flexibility index (Phi) is 4.94. The topological polar surface area (TPSA) is 68.5 Å². The highest BCUT2D eigenvalue weighted by atomic mass is 32.2. The van der Waals surface area contributed by atoms with Gasteiger partial charge in [0.1, 0.15) is 5.75 Å². The Balaban J connectivity index is 1.38. The van der Waals surface area contributed by atoms with Crippen LogP contribution in [0.1, 0.15) is 10.4 Å². The fourth-order valence-electron chi connectivity index (χ4n) is 2.87. The molecular weight excluding hydrogens is 370 g/mol. The van der Waals surface area contributed by atoms with Crippen LogP contribution in [0.15, 0.2) is 45.4 Å². The van der Waals surface area contributed by atoms with E-state index in [-0.39, 0.29) is 11.7 Å². The van der Waals surface area contributed by atoms with E-state index in [4.69, 9.17) is 9.15 Å². The molecule has 3 heterocycles. The largest absolute Gasteiger partial charge is 0.496 e. The Labute approximate surface area is 159 Å². The van der Waals surface area contributed by atoms with Crippen molar-refractivity contribution in [2.75, 3.05) is 19.4 Å². The molecule has 26 heavy (non-hydrogen) atoms. The van der Waals surface area contributed by atoms with Gasteiger partial charge in [0.25, 0.3) is 11.1 Å². The second-order valence-electron chi connectivity index (χ2n) is 5.80. The fourth-order valence-corrected chi connectivity index (χ4v) is 4.43. The molecule has 0 fully saturated rings. The molecule has 0 aliphatic carbocycles. The molecule has 1 amide bonds. The average molecular weight is 387 g/mol. The number of rotatable bonds is 5. The summed E-state index contributed by atoms with van der Waals surface area (Å²) in [5, 5.41) is 10.6. The standard InChI is InChI=1S/C18H17N3O3S2/c1-23-14-5-3-2-4-13(14)17-19-20-18(24-17)26-11-16(22)21-8-6-15-12(10-21)7-9-25-15/h2-5,7,9H,6,8,10-11H2,1H3. The van der Waals surface area contributed by atoms with Gasteiger partial charge in [-0.2, -0.15) is 0 Å². The minimum Gasteiger partial charge on any atom is -0.496 e. The number of ether oxygens (including phenoxy) is 1. The number of hydrogen-bond acceptors (Lipinski definition) is 7. The summed E-state index contributed by atoms with van der Waals surface area (Å²) >= 11 is 3.03. The Morgan fingerprint density at radius 1 is 1.35 bits per heavy atom. The van der Waals surface area contributed by atoms with Crippen LogP contribution in [0.25, 0.3) is 11.5 Å². The van der Waals surface area contributed by atoms with Crippen molar-refractivity contribution in [1.29, 1.82) is 0 Å². The van der Waals surface area contributed by atoms with Crippen LogP contribution in [0.2, 0.25) is 0 Å². The lowest BCUT2D eigenvalue weighted by molar-refractivity contribution is -0.129. The van der Waals surface area contributed by atoms with Gasteiger partial charge in [-0.25, -0.2) is 0 Å². The minimum atomic E-state index is 0.0869. The highest BCUT2D eigenvalue weighted by Crippen LogP contribution is 2.30. The number of methoxy groups -OCH3 is 1. The van der Waals surface area contributed by atoms with Crippen LogP contribution in [0.4, 0.5) is 0 Å². The van der Waals surface area contributed by atoms with Gasteiger partial charge < -0.3 is 14.1 Å². The van der Waals surface area contributed by atoms with Crippen LogP contribution >= 0.6 is 23.1 Å². The second kappa shape index (κ2) is 7.51. The lowest BCUT2D eigenvalue weighted by atomic mass is 10.1. The highest BCUT2D eigenvalue weighted by molar-refractivity contribution is 7.99. The Bertz CT molecular complexity index is 922. The first-order valence-electron chi connectivity index (χ1n) is 8.17. The number of carbonyl (C=O) groups is 1. The summed E-state index contributed by atoms with van der Waals surface area (Å²) in [6.45, 7) is 1.46. The van der Waals surface area contributed by atoms with Crippen molar-refractivity contribution in [3.8, 4) is 17.2 Å². The van der Waals surface area contributed by atoms with E-state index < -0.39 is 0 Å². The van der Waals surface area contributed by atoms with E-state index in [1.807, 2.05) is 29.2 Å². The zero-order valence-corrected chi connectivity index (χ0v) is 15.8. The third-order valence-corrected chi connectivity index (χ3v) is 6.05. The predicted octanol–water partition coefficient (Wildman–Crippen LogP) is 3.48. The van der Waals surface area contributed by atoms with Crippen LogP contribution < -0.4 is 4.74 Å². The number of thiophene rings is 1. The van der Waals surface area contributed by atoms with E-state index in [0.717, 1.165) is 18.5 Å². The quantitative estimate of drug-likeness (QED) is 0.625. The molecule has 3 aromatic rings. The number of carbonyl (C=O) groups excluding carboxylic acids is 1. The Morgan fingerprint density at radius 2 is 2.23 bits per heavy atom. The zero-order valence-electron chi connectivity index (χ0n) is 14.2.